The van der Waals surface area contributed by atoms with E-state index < -0.39 is 5.56 Å². The fourth-order valence-corrected chi connectivity index (χ4v) is 4.63. The number of rotatable bonds is 4. The molecule has 7 nitrogen and oxygen atoms in total. The van der Waals surface area contributed by atoms with Gasteiger partial charge in [0.25, 0.3) is 11.5 Å². The number of anilines is 1. The van der Waals surface area contributed by atoms with Crippen LogP contribution in [0.3, 0.4) is 0 Å². The van der Waals surface area contributed by atoms with Crippen molar-refractivity contribution in [3.8, 4) is 0 Å². The van der Waals surface area contributed by atoms with Gasteiger partial charge < -0.3 is 10.2 Å². The Morgan fingerprint density at radius 3 is 2.77 bits per heavy atom. The summed E-state index contributed by atoms with van der Waals surface area (Å²) in [5, 5.41) is 10.2. The minimum Gasteiger partial charge on any atom is -0.347 e. The molecule has 1 aliphatic heterocycles. The fourth-order valence-electron chi connectivity index (χ4n) is 3.03. The summed E-state index contributed by atoms with van der Waals surface area (Å²) in [6.07, 6.45) is 4.73. The molecule has 1 fully saturated rings. The second kappa shape index (κ2) is 7.55. The lowest BCUT2D eigenvalue weighted by atomic mass is 10.2. The molecule has 3 aromatic rings. The Kier molecular flexibility index (Phi) is 4.98. The second-order valence-electron chi connectivity index (χ2n) is 6.22. The number of carbonyl (C=O) groups excluding carboxylic acids is 1. The Balaban J connectivity index is 1.63. The molecule has 1 saturated heterocycles. The number of carbonyl (C=O) groups is 1. The van der Waals surface area contributed by atoms with E-state index in [0.29, 0.717) is 11.5 Å². The summed E-state index contributed by atoms with van der Waals surface area (Å²) in [6.45, 7) is 2.33. The first kappa shape index (κ1) is 17.2. The molecule has 0 bridgehead atoms. The van der Waals surface area contributed by atoms with E-state index >= 15 is 0 Å². The topological polar surface area (TPSA) is 79.6 Å². The highest BCUT2D eigenvalue weighted by Crippen LogP contribution is 2.25. The SMILES string of the molecule is O=C(NCc1cccs1)c1cc(=O)nc2sc(N3CCCCCC3)nn12. The first-order valence-corrected chi connectivity index (χ1v) is 10.4. The molecule has 26 heavy (non-hydrogen) atoms. The van der Waals surface area contributed by atoms with Crippen molar-refractivity contribution in [2.24, 2.45) is 0 Å². The van der Waals surface area contributed by atoms with Crippen LogP contribution in [0.1, 0.15) is 41.0 Å². The van der Waals surface area contributed by atoms with Crippen LogP contribution in [0.4, 0.5) is 5.13 Å². The number of nitrogens with zero attached hydrogens (tertiary/aromatic N) is 4. The molecule has 136 valence electrons. The van der Waals surface area contributed by atoms with E-state index in [4.69, 9.17) is 0 Å². The maximum absolute atomic E-state index is 12.6. The van der Waals surface area contributed by atoms with Gasteiger partial charge in [-0.3, -0.25) is 9.59 Å². The van der Waals surface area contributed by atoms with Crippen molar-refractivity contribution in [2.75, 3.05) is 18.0 Å². The summed E-state index contributed by atoms with van der Waals surface area (Å²) >= 11 is 2.94. The second-order valence-corrected chi connectivity index (χ2v) is 8.19. The molecule has 1 aliphatic rings. The number of nitrogens with one attached hydrogen (secondary N) is 1. The van der Waals surface area contributed by atoms with Crippen molar-refractivity contribution < 1.29 is 4.79 Å². The average molecular weight is 390 g/mol. The predicted octanol–water partition coefficient (Wildman–Crippen LogP) is 2.52. The molecule has 4 heterocycles. The van der Waals surface area contributed by atoms with Crippen molar-refractivity contribution in [1.29, 1.82) is 0 Å². The fraction of sp³-hybridized carbons (Fsp3) is 0.412. The van der Waals surface area contributed by atoms with E-state index in [9.17, 15) is 9.59 Å². The molecule has 0 atom stereocenters. The number of hydrogen-bond acceptors (Lipinski definition) is 7. The molecule has 0 radical (unpaired) electrons. The molecule has 0 aromatic carbocycles. The Morgan fingerprint density at radius 2 is 2.04 bits per heavy atom. The molecular formula is C17H19N5O2S2. The van der Waals surface area contributed by atoms with Gasteiger partial charge in [-0.05, 0) is 24.3 Å². The third-order valence-electron chi connectivity index (χ3n) is 4.36. The molecule has 0 spiro atoms. The highest BCUT2D eigenvalue weighted by molar-refractivity contribution is 7.20. The smallest absolute Gasteiger partial charge is 0.274 e. The van der Waals surface area contributed by atoms with Crippen LogP contribution in [-0.4, -0.2) is 33.6 Å². The zero-order valence-electron chi connectivity index (χ0n) is 14.2. The van der Waals surface area contributed by atoms with Crippen LogP contribution in [0.2, 0.25) is 0 Å². The Bertz CT molecular complexity index is 955. The first-order valence-electron chi connectivity index (χ1n) is 8.67. The molecule has 1 amide bonds. The molecule has 0 aliphatic carbocycles. The van der Waals surface area contributed by atoms with Crippen molar-refractivity contribution in [2.45, 2.75) is 32.2 Å². The van der Waals surface area contributed by atoms with Gasteiger partial charge in [-0.2, -0.15) is 9.50 Å². The minimum atomic E-state index is -0.419. The lowest BCUT2D eigenvalue weighted by Crippen LogP contribution is -2.27. The zero-order chi connectivity index (χ0) is 17.9. The summed E-state index contributed by atoms with van der Waals surface area (Å²) in [5.74, 6) is -0.319. The van der Waals surface area contributed by atoms with Gasteiger partial charge in [0, 0.05) is 24.0 Å². The van der Waals surface area contributed by atoms with E-state index in [0.717, 1.165) is 35.9 Å². The highest BCUT2D eigenvalue weighted by atomic mass is 32.1. The predicted molar refractivity (Wildman–Crippen MR) is 103 cm³/mol. The van der Waals surface area contributed by atoms with Gasteiger partial charge in [0.1, 0.15) is 5.69 Å². The Morgan fingerprint density at radius 1 is 1.23 bits per heavy atom. The summed E-state index contributed by atoms with van der Waals surface area (Å²) in [6, 6.07) is 5.15. The van der Waals surface area contributed by atoms with Gasteiger partial charge in [0.2, 0.25) is 10.1 Å². The van der Waals surface area contributed by atoms with Crippen LogP contribution in [0.25, 0.3) is 4.96 Å². The van der Waals surface area contributed by atoms with E-state index in [1.165, 1.54) is 34.8 Å². The molecule has 3 aromatic heterocycles. The number of amides is 1. The number of fused-ring (bicyclic) bond motifs is 1. The standard InChI is InChI=1S/C17H19N5O2S2/c23-14-10-13(15(24)18-11-12-6-5-9-25-12)22-16(19-14)26-17(20-22)21-7-3-1-2-4-8-21/h5-6,9-10H,1-4,7-8,11H2,(H,18,24). The zero-order valence-corrected chi connectivity index (χ0v) is 15.8. The van der Waals surface area contributed by atoms with Gasteiger partial charge >= 0.3 is 0 Å². The van der Waals surface area contributed by atoms with Gasteiger partial charge in [0.05, 0.1) is 6.54 Å². The summed E-state index contributed by atoms with van der Waals surface area (Å²) < 4.78 is 1.50. The maximum Gasteiger partial charge on any atom is 0.274 e. The van der Waals surface area contributed by atoms with Gasteiger partial charge in [-0.15, -0.1) is 16.4 Å². The van der Waals surface area contributed by atoms with Crippen LogP contribution < -0.4 is 15.8 Å². The average Bonchev–Trinajstić information content (AvgIpc) is 3.22. The van der Waals surface area contributed by atoms with E-state index in [1.54, 1.807) is 11.3 Å². The first-order chi connectivity index (χ1) is 12.7. The number of aromatic nitrogens is 3. The maximum atomic E-state index is 12.6. The van der Waals surface area contributed by atoms with E-state index in [1.807, 2.05) is 17.5 Å². The summed E-state index contributed by atoms with van der Waals surface area (Å²) in [7, 11) is 0. The van der Waals surface area contributed by atoms with Gasteiger partial charge in [0.15, 0.2) is 0 Å². The molecule has 9 heteroatoms. The minimum absolute atomic E-state index is 0.230. The lowest BCUT2D eigenvalue weighted by molar-refractivity contribution is 0.0943. The summed E-state index contributed by atoms with van der Waals surface area (Å²) in [5.41, 5.74) is -0.189. The normalized spacial score (nSPS) is 15.2. The van der Waals surface area contributed by atoms with Crippen molar-refractivity contribution in [1.82, 2.24) is 19.9 Å². The third-order valence-corrected chi connectivity index (χ3v) is 6.20. The summed E-state index contributed by atoms with van der Waals surface area (Å²) in [4.78, 5) is 32.3. The monoisotopic (exact) mass is 389 g/mol. The number of hydrogen-bond donors (Lipinski definition) is 1. The van der Waals surface area contributed by atoms with Crippen molar-refractivity contribution in [3.63, 3.8) is 0 Å². The van der Waals surface area contributed by atoms with Crippen LogP contribution in [-0.2, 0) is 6.54 Å². The van der Waals surface area contributed by atoms with Crippen molar-refractivity contribution >= 4 is 38.7 Å². The van der Waals surface area contributed by atoms with Crippen LogP contribution in [0.5, 0.6) is 0 Å². The van der Waals surface area contributed by atoms with Gasteiger partial charge in [-0.1, -0.05) is 30.2 Å². The van der Waals surface area contributed by atoms with Crippen molar-refractivity contribution in [3.05, 3.63) is 44.5 Å². The number of thiophene rings is 1. The highest BCUT2D eigenvalue weighted by Gasteiger charge is 2.19. The Hall–Kier alpha value is -2.26. The van der Waals surface area contributed by atoms with Crippen LogP contribution in [0.15, 0.2) is 28.4 Å². The quantitative estimate of drug-likeness (QED) is 0.742. The largest absolute Gasteiger partial charge is 0.347 e. The third kappa shape index (κ3) is 3.63. The van der Waals surface area contributed by atoms with E-state index in [2.05, 4.69) is 20.3 Å². The molecule has 4 rings (SSSR count). The van der Waals surface area contributed by atoms with Gasteiger partial charge in [-0.25, -0.2) is 0 Å². The van der Waals surface area contributed by atoms with Crippen LogP contribution in [0, 0.1) is 0 Å². The molecule has 0 unspecified atom stereocenters. The van der Waals surface area contributed by atoms with Crippen LogP contribution >= 0.6 is 22.7 Å². The lowest BCUT2D eigenvalue weighted by Gasteiger charge is -2.17. The van der Waals surface area contributed by atoms with E-state index in [-0.39, 0.29) is 11.6 Å². The Labute approximate surface area is 158 Å². The molecule has 0 saturated carbocycles. The molecule has 1 N–H and O–H groups in total. The molecular weight excluding hydrogens is 370 g/mol.